The van der Waals surface area contributed by atoms with Gasteiger partial charge >= 0.3 is 12.1 Å². The quantitative estimate of drug-likeness (QED) is 0.469. The van der Waals surface area contributed by atoms with E-state index in [9.17, 15) is 28.1 Å². The average Bonchev–Trinajstić information content (AvgIpc) is 2.42. The van der Waals surface area contributed by atoms with Crippen LogP contribution in [0.2, 0.25) is 0 Å². The van der Waals surface area contributed by atoms with E-state index >= 15 is 0 Å². The number of esters is 1. The largest absolute Gasteiger partial charge is 0.496 e. The number of nitrogens with zero attached hydrogens (tertiary/aromatic N) is 1. The Labute approximate surface area is 130 Å². The number of carbonyl (C=O) groups excluding carboxylic acids is 1. The van der Waals surface area contributed by atoms with E-state index < -0.39 is 34.8 Å². The van der Waals surface area contributed by atoms with E-state index in [-0.39, 0.29) is 16.9 Å². The fourth-order valence-corrected chi connectivity index (χ4v) is 1.71. The van der Waals surface area contributed by atoms with E-state index in [1.807, 2.05) is 0 Å². The number of rotatable bonds is 5. The van der Waals surface area contributed by atoms with Gasteiger partial charge in [-0.2, -0.15) is 13.2 Å². The van der Waals surface area contributed by atoms with Crippen LogP contribution in [-0.4, -0.2) is 30.1 Å². The van der Waals surface area contributed by atoms with Gasteiger partial charge in [0.2, 0.25) is 5.54 Å². The molecule has 1 aromatic rings. The van der Waals surface area contributed by atoms with Gasteiger partial charge in [-0.05, 0) is 24.6 Å². The van der Waals surface area contributed by atoms with Crippen LogP contribution < -0.4 is 4.74 Å². The fraction of sp³-hybridized carbons (Fsp3) is 0.500. The molecule has 0 fully saturated rings. The number of halogens is 3. The Hall–Kier alpha value is -2.32. The zero-order chi connectivity index (χ0) is 18.0. The molecule has 0 saturated heterocycles. The molecule has 0 aliphatic rings. The standard InChI is InChI=1S/C14H16F3NO5/c1-8-5-9(14(15,16)17)6-10(22-4)11(8)12(19)23-7-13(2,3)18(20)21/h5-6H,7H2,1-4H3. The van der Waals surface area contributed by atoms with Crippen molar-refractivity contribution in [3.8, 4) is 5.75 Å². The zero-order valence-electron chi connectivity index (χ0n) is 13.0. The molecule has 0 N–H and O–H groups in total. The van der Waals surface area contributed by atoms with Gasteiger partial charge in [-0.15, -0.1) is 0 Å². The molecular weight excluding hydrogens is 319 g/mol. The number of ether oxygens (including phenoxy) is 2. The second-order valence-electron chi connectivity index (χ2n) is 5.51. The first-order valence-electron chi connectivity index (χ1n) is 6.47. The third-order valence-corrected chi connectivity index (χ3v) is 3.10. The van der Waals surface area contributed by atoms with Crippen LogP contribution in [0.25, 0.3) is 0 Å². The molecule has 0 unspecified atom stereocenters. The van der Waals surface area contributed by atoms with Crippen molar-refractivity contribution >= 4 is 5.97 Å². The van der Waals surface area contributed by atoms with E-state index in [0.29, 0.717) is 6.07 Å². The number of hydrogen-bond acceptors (Lipinski definition) is 5. The van der Waals surface area contributed by atoms with Crippen molar-refractivity contribution in [2.75, 3.05) is 13.7 Å². The van der Waals surface area contributed by atoms with Crippen LogP contribution in [0.1, 0.15) is 35.3 Å². The molecule has 6 nitrogen and oxygen atoms in total. The Bertz CT molecular complexity index is 626. The van der Waals surface area contributed by atoms with Crippen LogP contribution in [0.4, 0.5) is 13.2 Å². The lowest BCUT2D eigenvalue weighted by Gasteiger charge is -2.18. The van der Waals surface area contributed by atoms with Crippen molar-refractivity contribution in [1.82, 2.24) is 0 Å². The Morgan fingerprint density at radius 2 is 1.87 bits per heavy atom. The minimum Gasteiger partial charge on any atom is -0.496 e. The predicted molar refractivity (Wildman–Crippen MR) is 74.1 cm³/mol. The highest BCUT2D eigenvalue weighted by Gasteiger charge is 2.35. The number of aryl methyl sites for hydroxylation is 1. The summed E-state index contributed by atoms with van der Waals surface area (Å²) in [6, 6.07) is 1.47. The first-order chi connectivity index (χ1) is 10.4. The molecule has 23 heavy (non-hydrogen) atoms. The number of alkyl halides is 3. The molecule has 0 amide bonds. The first-order valence-corrected chi connectivity index (χ1v) is 6.47. The Balaban J connectivity index is 3.13. The Morgan fingerprint density at radius 3 is 2.30 bits per heavy atom. The lowest BCUT2D eigenvalue weighted by molar-refractivity contribution is -0.563. The molecule has 1 rings (SSSR count). The highest BCUT2D eigenvalue weighted by Crippen LogP contribution is 2.35. The van der Waals surface area contributed by atoms with Gasteiger partial charge in [0.1, 0.15) is 11.3 Å². The lowest BCUT2D eigenvalue weighted by Crippen LogP contribution is -2.37. The summed E-state index contributed by atoms with van der Waals surface area (Å²) in [5.74, 6) is -1.29. The molecule has 9 heteroatoms. The monoisotopic (exact) mass is 335 g/mol. The second kappa shape index (κ2) is 6.43. The molecule has 0 heterocycles. The van der Waals surface area contributed by atoms with E-state index in [1.54, 1.807) is 0 Å². The van der Waals surface area contributed by atoms with Gasteiger partial charge in [-0.3, -0.25) is 10.1 Å². The van der Waals surface area contributed by atoms with E-state index in [1.165, 1.54) is 20.8 Å². The maximum Gasteiger partial charge on any atom is 0.416 e. The van der Waals surface area contributed by atoms with Crippen LogP contribution in [0.5, 0.6) is 5.75 Å². The lowest BCUT2D eigenvalue weighted by atomic mass is 10.0. The summed E-state index contributed by atoms with van der Waals surface area (Å²) in [7, 11) is 1.12. The summed E-state index contributed by atoms with van der Waals surface area (Å²) in [6.07, 6.45) is -4.59. The molecule has 1 aromatic carbocycles. The summed E-state index contributed by atoms with van der Waals surface area (Å²) in [5, 5.41) is 10.8. The van der Waals surface area contributed by atoms with Crippen molar-refractivity contribution < 1.29 is 32.4 Å². The number of hydrogen-bond donors (Lipinski definition) is 0. The first kappa shape index (κ1) is 18.7. The smallest absolute Gasteiger partial charge is 0.416 e. The minimum atomic E-state index is -4.59. The molecule has 0 aromatic heterocycles. The fourth-order valence-electron chi connectivity index (χ4n) is 1.71. The summed E-state index contributed by atoms with van der Waals surface area (Å²) < 4.78 is 48.0. The molecule has 0 aliphatic carbocycles. The van der Waals surface area contributed by atoms with E-state index in [2.05, 4.69) is 0 Å². The molecule has 0 atom stereocenters. The predicted octanol–water partition coefficient (Wildman–Crippen LogP) is 3.23. The highest BCUT2D eigenvalue weighted by molar-refractivity contribution is 5.94. The van der Waals surface area contributed by atoms with Gasteiger partial charge in [0.25, 0.3) is 0 Å². The van der Waals surface area contributed by atoms with Gasteiger partial charge in [0.05, 0.1) is 12.7 Å². The van der Waals surface area contributed by atoms with Gasteiger partial charge in [0.15, 0.2) is 6.61 Å². The molecule has 0 radical (unpaired) electrons. The zero-order valence-corrected chi connectivity index (χ0v) is 13.0. The SMILES string of the molecule is COc1cc(C(F)(F)F)cc(C)c1C(=O)OCC(C)(C)[N+](=O)[O-]. The van der Waals surface area contributed by atoms with Crippen LogP contribution >= 0.6 is 0 Å². The topological polar surface area (TPSA) is 78.7 Å². The van der Waals surface area contributed by atoms with Gasteiger partial charge in [-0.25, -0.2) is 4.79 Å². The van der Waals surface area contributed by atoms with E-state index in [0.717, 1.165) is 13.2 Å². The van der Waals surface area contributed by atoms with Gasteiger partial charge < -0.3 is 9.47 Å². The maximum atomic E-state index is 12.8. The van der Waals surface area contributed by atoms with Crippen LogP contribution in [0.15, 0.2) is 12.1 Å². The number of nitro groups is 1. The molecule has 0 bridgehead atoms. The molecule has 0 saturated carbocycles. The van der Waals surface area contributed by atoms with Crippen molar-refractivity contribution in [1.29, 1.82) is 0 Å². The number of benzene rings is 1. The minimum absolute atomic E-state index is 0.000541. The summed E-state index contributed by atoms with van der Waals surface area (Å²) in [6.45, 7) is 3.30. The summed E-state index contributed by atoms with van der Waals surface area (Å²) in [5.41, 5.74) is -2.67. The normalized spacial score (nSPS) is 12.0. The Kier molecular flexibility index (Phi) is 5.24. The van der Waals surface area contributed by atoms with Crippen LogP contribution in [-0.2, 0) is 10.9 Å². The van der Waals surface area contributed by atoms with Crippen LogP contribution in [0.3, 0.4) is 0 Å². The van der Waals surface area contributed by atoms with Gasteiger partial charge in [0, 0.05) is 18.8 Å². The van der Waals surface area contributed by atoms with Gasteiger partial charge in [-0.1, -0.05) is 0 Å². The molecule has 0 spiro atoms. The van der Waals surface area contributed by atoms with Crippen molar-refractivity contribution in [3.63, 3.8) is 0 Å². The van der Waals surface area contributed by atoms with Crippen LogP contribution in [0, 0.1) is 17.0 Å². The van der Waals surface area contributed by atoms with Crippen molar-refractivity contribution in [3.05, 3.63) is 38.9 Å². The van der Waals surface area contributed by atoms with Crippen molar-refractivity contribution in [2.45, 2.75) is 32.5 Å². The highest BCUT2D eigenvalue weighted by atomic mass is 19.4. The third-order valence-electron chi connectivity index (χ3n) is 3.10. The molecule has 0 aliphatic heterocycles. The third kappa shape index (κ3) is 4.33. The maximum absolute atomic E-state index is 12.8. The number of carbonyl (C=O) groups is 1. The van der Waals surface area contributed by atoms with Crippen molar-refractivity contribution in [2.24, 2.45) is 0 Å². The molecular formula is C14H16F3NO5. The molecule has 128 valence electrons. The van der Waals surface area contributed by atoms with E-state index in [4.69, 9.17) is 9.47 Å². The summed E-state index contributed by atoms with van der Waals surface area (Å²) >= 11 is 0. The Morgan fingerprint density at radius 1 is 1.30 bits per heavy atom. The second-order valence-corrected chi connectivity index (χ2v) is 5.51. The summed E-state index contributed by atoms with van der Waals surface area (Å²) in [4.78, 5) is 22.2. The average molecular weight is 335 g/mol. The number of methoxy groups -OCH3 is 1.